The monoisotopic (exact) mass is 527 g/mol. The highest BCUT2D eigenvalue weighted by molar-refractivity contribution is 6.05. The Morgan fingerprint density at radius 2 is 1.82 bits per heavy atom. The lowest BCUT2D eigenvalue weighted by Crippen LogP contribution is -2.41. The number of hydrogen-bond acceptors (Lipinski definition) is 8. The fraction of sp³-hybridized carbons (Fsp3) is 0.400. The summed E-state index contributed by atoms with van der Waals surface area (Å²) in [5.74, 6) is 1.25. The van der Waals surface area contributed by atoms with E-state index in [0.29, 0.717) is 49.7 Å². The number of amides is 1. The highest BCUT2D eigenvalue weighted by atomic mass is 16.5. The lowest BCUT2D eigenvalue weighted by Gasteiger charge is -2.37. The van der Waals surface area contributed by atoms with Crippen molar-refractivity contribution in [3.05, 3.63) is 71.4 Å². The fourth-order valence-corrected chi connectivity index (χ4v) is 5.83. The van der Waals surface area contributed by atoms with Crippen LogP contribution in [0.2, 0.25) is 0 Å². The van der Waals surface area contributed by atoms with Crippen molar-refractivity contribution in [1.29, 1.82) is 0 Å². The quantitative estimate of drug-likeness (QED) is 0.390. The molecule has 1 aliphatic heterocycles. The van der Waals surface area contributed by atoms with Crippen molar-refractivity contribution in [1.82, 2.24) is 20.4 Å². The van der Waals surface area contributed by atoms with Crippen LogP contribution in [0.4, 0.5) is 5.82 Å². The number of aromatic nitrogens is 3. The summed E-state index contributed by atoms with van der Waals surface area (Å²) in [5, 5.41) is 18.0. The number of morpholine rings is 1. The van der Waals surface area contributed by atoms with Crippen molar-refractivity contribution in [3.8, 4) is 11.1 Å². The third-order valence-electron chi connectivity index (χ3n) is 7.83. The normalized spacial score (nSPS) is 21.7. The van der Waals surface area contributed by atoms with E-state index in [4.69, 9.17) is 19.2 Å². The third-order valence-corrected chi connectivity index (χ3v) is 7.83. The average molecular weight is 528 g/mol. The summed E-state index contributed by atoms with van der Waals surface area (Å²) in [6.07, 6.45) is 2.55. The van der Waals surface area contributed by atoms with Crippen molar-refractivity contribution in [3.63, 3.8) is 0 Å². The van der Waals surface area contributed by atoms with Crippen LogP contribution in [0, 0.1) is 13.8 Å². The Morgan fingerprint density at radius 3 is 2.56 bits per heavy atom. The number of fused-ring (bicyclic) bond motifs is 1. The lowest BCUT2D eigenvalue weighted by molar-refractivity contribution is 0.0857. The van der Waals surface area contributed by atoms with Crippen LogP contribution in [0.3, 0.4) is 0 Å². The van der Waals surface area contributed by atoms with Crippen molar-refractivity contribution < 1.29 is 19.2 Å². The minimum absolute atomic E-state index is 0.00209. The molecule has 1 saturated carbocycles. The fourth-order valence-electron chi connectivity index (χ4n) is 5.83. The summed E-state index contributed by atoms with van der Waals surface area (Å²) in [6, 6.07) is 16.1. The molecule has 4 aromatic rings. The van der Waals surface area contributed by atoms with Gasteiger partial charge in [-0.2, -0.15) is 0 Å². The van der Waals surface area contributed by atoms with E-state index in [-0.39, 0.29) is 29.9 Å². The van der Waals surface area contributed by atoms with Crippen LogP contribution in [0.5, 0.6) is 0 Å². The van der Waals surface area contributed by atoms with Gasteiger partial charge in [-0.1, -0.05) is 47.6 Å². The van der Waals surface area contributed by atoms with E-state index in [1.54, 1.807) is 0 Å². The van der Waals surface area contributed by atoms with Gasteiger partial charge in [0, 0.05) is 23.7 Å². The van der Waals surface area contributed by atoms with Crippen LogP contribution >= 0.6 is 0 Å². The Morgan fingerprint density at radius 1 is 1.03 bits per heavy atom. The number of benzene rings is 2. The Labute approximate surface area is 227 Å². The zero-order valence-corrected chi connectivity index (χ0v) is 22.3. The van der Waals surface area contributed by atoms with Gasteiger partial charge in [-0.15, -0.1) is 0 Å². The lowest BCUT2D eigenvalue weighted by atomic mass is 9.93. The molecule has 202 valence electrons. The van der Waals surface area contributed by atoms with Gasteiger partial charge in [0.25, 0.3) is 5.91 Å². The molecular weight excluding hydrogens is 494 g/mol. The van der Waals surface area contributed by atoms with E-state index in [9.17, 15) is 9.90 Å². The van der Waals surface area contributed by atoms with Crippen LogP contribution in [-0.4, -0.2) is 58.0 Å². The summed E-state index contributed by atoms with van der Waals surface area (Å²) in [5.41, 5.74) is 4.41. The Hall–Kier alpha value is -3.82. The molecule has 0 bridgehead atoms. The largest absolute Gasteiger partial charge is 0.393 e. The smallest absolute Gasteiger partial charge is 0.289 e. The number of anilines is 1. The summed E-state index contributed by atoms with van der Waals surface area (Å²) in [7, 11) is 0. The van der Waals surface area contributed by atoms with Gasteiger partial charge < -0.3 is 24.6 Å². The molecule has 2 aliphatic rings. The second-order valence-corrected chi connectivity index (χ2v) is 10.4. The highest BCUT2D eigenvalue weighted by Gasteiger charge is 2.31. The zero-order valence-electron chi connectivity index (χ0n) is 22.3. The molecule has 1 aliphatic carbocycles. The van der Waals surface area contributed by atoms with Crippen molar-refractivity contribution in [2.75, 3.05) is 24.7 Å². The second kappa shape index (κ2) is 10.7. The molecule has 2 fully saturated rings. The molecule has 2 aromatic carbocycles. The predicted molar refractivity (Wildman–Crippen MR) is 148 cm³/mol. The van der Waals surface area contributed by atoms with Crippen LogP contribution in [-0.2, 0) is 4.74 Å². The molecule has 1 atom stereocenters. The van der Waals surface area contributed by atoms with Gasteiger partial charge in [0.15, 0.2) is 0 Å². The first-order valence-electron chi connectivity index (χ1n) is 13.6. The first kappa shape index (κ1) is 25.5. The number of aliphatic hydroxyl groups excluding tert-OH is 1. The molecule has 2 aromatic heterocycles. The predicted octanol–water partition coefficient (Wildman–Crippen LogP) is 4.51. The van der Waals surface area contributed by atoms with Gasteiger partial charge in [0.1, 0.15) is 11.6 Å². The van der Waals surface area contributed by atoms with Crippen molar-refractivity contribution in [2.45, 2.75) is 57.7 Å². The first-order chi connectivity index (χ1) is 19.0. The Balaban J connectivity index is 1.50. The molecular formula is C30H33N5O4. The number of hydrogen-bond donors (Lipinski definition) is 2. The number of aliphatic hydroxyl groups is 1. The standard InChI is InChI=1S/C30H33N5O4/c1-18-26(19(2)39-34-18)23-9-6-10-24-27(23)29(35-15-16-38-17-25(35)20-7-4-3-5-8-20)33-28(32-24)30(37)31-21-11-13-22(36)14-12-21/h3-10,21-22,25,36H,11-17H2,1-2H3,(H,31,37)/t21?,22?,25-/m1/s1. The van der Waals surface area contributed by atoms with E-state index >= 15 is 0 Å². The average Bonchev–Trinajstić information content (AvgIpc) is 3.31. The van der Waals surface area contributed by atoms with Crippen molar-refractivity contribution in [2.24, 2.45) is 0 Å². The van der Waals surface area contributed by atoms with Crippen LogP contribution in [0.1, 0.15) is 59.4 Å². The highest BCUT2D eigenvalue weighted by Crippen LogP contribution is 2.40. The van der Waals surface area contributed by atoms with Gasteiger partial charge in [-0.3, -0.25) is 4.79 Å². The van der Waals surface area contributed by atoms with Gasteiger partial charge in [0.2, 0.25) is 5.82 Å². The Kier molecular flexibility index (Phi) is 7.01. The van der Waals surface area contributed by atoms with E-state index in [0.717, 1.165) is 40.6 Å². The maximum Gasteiger partial charge on any atom is 0.289 e. The minimum atomic E-state index is -0.299. The number of nitrogens with one attached hydrogen (secondary N) is 1. The maximum atomic E-state index is 13.5. The minimum Gasteiger partial charge on any atom is -0.393 e. The van der Waals surface area contributed by atoms with Gasteiger partial charge >= 0.3 is 0 Å². The maximum absolute atomic E-state index is 13.5. The van der Waals surface area contributed by atoms with E-state index in [1.165, 1.54) is 0 Å². The summed E-state index contributed by atoms with van der Waals surface area (Å²) in [4.78, 5) is 25.4. The number of carbonyl (C=O) groups is 1. The molecule has 9 nitrogen and oxygen atoms in total. The number of nitrogens with zero attached hydrogens (tertiary/aromatic N) is 4. The number of carbonyl (C=O) groups excluding carboxylic acids is 1. The van der Waals surface area contributed by atoms with Crippen LogP contribution in [0.15, 0.2) is 53.1 Å². The van der Waals surface area contributed by atoms with Gasteiger partial charge in [0.05, 0.1) is 42.0 Å². The topological polar surface area (TPSA) is 114 Å². The van der Waals surface area contributed by atoms with Gasteiger partial charge in [-0.05, 0) is 51.2 Å². The molecule has 6 rings (SSSR count). The molecule has 9 heteroatoms. The molecule has 39 heavy (non-hydrogen) atoms. The second-order valence-electron chi connectivity index (χ2n) is 10.4. The van der Waals surface area contributed by atoms with E-state index in [1.807, 2.05) is 50.2 Å². The Bertz CT molecular complexity index is 1460. The zero-order chi connectivity index (χ0) is 26.9. The van der Waals surface area contributed by atoms with E-state index < -0.39 is 0 Å². The molecule has 1 amide bonds. The molecule has 0 spiro atoms. The van der Waals surface area contributed by atoms with E-state index in [2.05, 4.69) is 27.5 Å². The summed E-state index contributed by atoms with van der Waals surface area (Å²) >= 11 is 0. The van der Waals surface area contributed by atoms with Crippen molar-refractivity contribution >= 4 is 22.6 Å². The SMILES string of the molecule is Cc1noc(C)c1-c1cccc2nc(C(=O)NC3CCC(O)CC3)nc(N3CCOC[C@@H]3c3ccccc3)c12. The number of rotatable bonds is 5. The number of aryl methyl sites for hydroxylation is 2. The van der Waals surface area contributed by atoms with Gasteiger partial charge in [-0.25, -0.2) is 9.97 Å². The molecule has 0 radical (unpaired) electrons. The van der Waals surface area contributed by atoms with Crippen LogP contribution in [0.25, 0.3) is 22.0 Å². The molecule has 2 N–H and O–H groups in total. The molecule has 1 saturated heterocycles. The summed E-state index contributed by atoms with van der Waals surface area (Å²) < 4.78 is 11.4. The number of ether oxygens (including phenoxy) is 1. The molecule has 0 unspecified atom stereocenters. The van der Waals surface area contributed by atoms with Crippen LogP contribution < -0.4 is 10.2 Å². The first-order valence-corrected chi connectivity index (χ1v) is 13.6. The third kappa shape index (κ3) is 4.99. The molecule has 3 heterocycles. The summed E-state index contributed by atoms with van der Waals surface area (Å²) in [6.45, 7) is 5.50.